The largest absolute Gasteiger partial charge is 0.340 e. The maximum atomic E-state index is 14.0. The molecular weight excluding hydrogens is 459 g/mol. The van der Waals surface area contributed by atoms with Crippen molar-refractivity contribution in [2.24, 2.45) is 5.92 Å². The second kappa shape index (κ2) is 10.2. The van der Waals surface area contributed by atoms with Gasteiger partial charge in [0.1, 0.15) is 29.1 Å². The van der Waals surface area contributed by atoms with Gasteiger partial charge in [0.05, 0.1) is 10.6 Å². The quantitative estimate of drug-likeness (QED) is 0.710. The van der Waals surface area contributed by atoms with E-state index in [9.17, 15) is 27.6 Å². The highest BCUT2D eigenvalue weighted by Gasteiger charge is 2.33. The highest BCUT2D eigenvalue weighted by atomic mass is 35.5. The number of hydrogen-bond donors (Lipinski definition) is 1. The third kappa shape index (κ3) is 5.47. The van der Waals surface area contributed by atoms with Gasteiger partial charge < -0.3 is 15.1 Å². The molecule has 0 spiro atoms. The number of piperazine rings is 1. The summed E-state index contributed by atoms with van der Waals surface area (Å²) in [6.45, 7) is 4.21. The molecule has 1 fully saturated rings. The maximum Gasteiger partial charge on any atom is 0.257 e. The van der Waals surface area contributed by atoms with Crippen molar-refractivity contribution < 1.29 is 27.6 Å². The molecule has 0 saturated carbocycles. The zero-order valence-electron chi connectivity index (χ0n) is 18.1. The Hall–Kier alpha value is -3.07. The average molecular weight is 482 g/mol. The van der Waals surface area contributed by atoms with Gasteiger partial charge in [0.2, 0.25) is 5.91 Å². The lowest BCUT2D eigenvalue weighted by Crippen LogP contribution is -2.57. The summed E-state index contributed by atoms with van der Waals surface area (Å²) in [7, 11) is 0. The number of benzene rings is 2. The van der Waals surface area contributed by atoms with Crippen molar-refractivity contribution in [2.75, 3.05) is 26.2 Å². The van der Waals surface area contributed by atoms with Gasteiger partial charge in [-0.25, -0.2) is 13.2 Å². The molecule has 0 aliphatic carbocycles. The van der Waals surface area contributed by atoms with Gasteiger partial charge >= 0.3 is 0 Å². The van der Waals surface area contributed by atoms with Crippen LogP contribution < -0.4 is 5.32 Å². The SMILES string of the molecule is CC(C)C(NC(=O)c1c(F)cccc1F)C(=O)N1CCN(C(=O)c2ccc(F)cc2Cl)CC1. The van der Waals surface area contributed by atoms with Gasteiger partial charge in [0.15, 0.2) is 0 Å². The fraction of sp³-hybridized carbons (Fsp3) is 0.348. The summed E-state index contributed by atoms with van der Waals surface area (Å²) in [6.07, 6.45) is 0. The van der Waals surface area contributed by atoms with Gasteiger partial charge in [-0.3, -0.25) is 14.4 Å². The van der Waals surface area contributed by atoms with Gasteiger partial charge in [0.25, 0.3) is 11.8 Å². The second-order valence-corrected chi connectivity index (χ2v) is 8.44. The molecule has 10 heteroatoms. The molecule has 1 aliphatic heterocycles. The monoisotopic (exact) mass is 481 g/mol. The zero-order chi connectivity index (χ0) is 24.3. The molecule has 0 radical (unpaired) electrons. The molecule has 0 bridgehead atoms. The van der Waals surface area contributed by atoms with Crippen LogP contribution in [-0.4, -0.2) is 59.7 Å². The summed E-state index contributed by atoms with van der Waals surface area (Å²) in [5.41, 5.74) is -0.584. The highest BCUT2D eigenvalue weighted by Crippen LogP contribution is 2.20. The van der Waals surface area contributed by atoms with Crippen LogP contribution in [0.1, 0.15) is 34.6 Å². The molecule has 33 heavy (non-hydrogen) atoms. The summed E-state index contributed by atoms with van der Waals surface area (Å²) in [5, 5.41) is 2.44. The predicted molar refractivity (Wildman–Crippen MR) is 116 cm³/mol. The Balaban J connectivity index is 1.66. The maximum absolute atomic E-state index is 14.0. The van der Waals surface area contributed by atoms with Crippen molar-refractivity contribution in [3.8, 4) is 0 Å². The van der Waals surface area contributed by atoms with E-state index in [1.54, 1.807) is 13.8 Å². The molecule has 6 nitrogen and oxygen atoms in total. The lowest BCUT2D eigenvalue weighted by molar-refractivity contribution is -0.135. The van der Waals surface area contributed by atoms with Crippen molar-refractivity contribution in [3.63, 3.8) is 0 Å². The van der Waals surface area contributed by atoms with Gasteiger partial charge in [0, 0.05) is 26.2 Å². The van der Waals surface area contributed by atoms with E-state index in [1.165, 1.54) is 15.9 Å². The number of rotatable bonds is 5. The summed E-state index contributed by atoms with van der Waals surface area (Å²) in [6, 6.07) is 5.58. The molecule has 176 valence electrons. The molecule has 1 saturated heterocycles. The number of halogens is 4. The Morgan fingerprint density at radius 3 is 2.06 bits per heavy atom. The summed E-state index contributed by atoms with van der Waals surface area (Å²) < 4.78 is 41.2. The minimum atomic E-state index is -1.02. The summed E-state index contributed by atoms with van der Waals surface area (Å²) in [4.78, 5) is 41.3. The number of hydrogen-bond acceptors (Lipinski definition) is 3. The average Bonchev–Trinajstić information content (AvgIpc) is 2.76. The molecule has 1 atom stereocenters. The van der Waals surface area contributed by atoms with Crippen LogP contribution in [0.2, 0.25) is 5.02 Å². The molecule has 3 rings (SSSR count). The van der Waals surface area contributed by atoms with Crippen molar-refractivity contribution in [1.82, 2.24) is 15.1 Å². The van der Waals surface area contributed by atoms with Gasteiger partial charge in [-0.1, -0.05) is 31.5 Å². The molecule has 2 aromatic carbocycles. The summed E-state index contributed by atoms with van der Waals surface area (Å²) >= 11 is 5.97. The number of nitrogens with zero attached hydrogens (tertiary/aromatic N) is 2. The number of carbonyl (C=O) groups excluding carboxylic acids is 3. The molecule has 1 N–H and O–H groups in total. The van der Waals surface area contributed by atoms with Crippen LogP contribution in [0.3, 0.4) is 0 Å². The van der Waals surface area contributed by atoms with E-state index >= 15 is 0 Å². The molecule has 1 unspecified atom stereocenters. The van der Waals surface area contributed by atoms with E-state index in [0.717, 1.165) is 30.3 Å². The smallest absolute Gasteiger partial charge is 0.257 e. The zero-order valence-corrected chi connectivity index (χ0v) is 18.8. The number of nitrogens with one attached hydrogen (secondary N) is 1. The Morgan fingerprint density at radius 2 is 1.52 bits per heavy atom. The molecule has 2 aromatic rings. The summed E-state index contributed by atoms with van der Waals surface area (Å²) in [5.74, 6) is -4.75. The van der Waals surface area contributed by atoms with Crippen LogP contribution in [0.25, 0.3) is 0 Å². The lowest BCUT2D eigenvalue weighted by Gasteiger charge is -2.37. The fourth-order valence-corrected chi connectivity index (χ4v) is 3.85. The normalized spacial score (nSPS) is 14.9. The molecule has 1 heterocycles. The van der Waals surface area contributed by atoms with Crippen LogP contribution in [-0.2, 0) is 4.79 Å². The Kier molecular flexibility index (Phi) is 7.63. The standard InChI is InChI=1S/C23H23ClF3N3O3/c1-13(2)20(28-21(31)19-17(26)4-3-5-18(19)27)23(33)30-10-8-29(9-11-30)22(32)15-7-6-14(25)12-16(15)24/h3-7,12-13,20H,8-11H2,1-2H3,(H,28,31). The third-order valence-electron chi connectivity index (χ3n) is 5.45. The van der Waals surface area contributed by atoms with Gasteiger partial charge in [-0.2, -0.15) is 0 Å². The molecular formula is C23H23ClF3N3O3. The van der Waals surface area contributed by atoms with E-state index in [2.05, 4.69) is 5.32 Å². The highest BCUT2D eigenvalue weighted by molar-refractivity contribution is 6.33. The van der Waals surface area contributed by atoms with Crippen LogP contribution >= 0.6 is 11.6 Å². The first-order chi connectivity index (χ1) is 15.6. The van der Waals surface area contributed by atoms with Crippen molar-refractivity contribution in [1.29, 1.82) is 0 Å². The third-order valence-corrected chi connectivity index (χ3v) is 5.76. The van der Waals surface area contributed by atoms with E-state index in [4.69, 9.17) is 11.6 Å². The Morgan fingerprint density at radius 1 is 0.939 bits per heavy atom. The predicted octanol–water partition coefficient (Wildman–Crippen LogP) is 3.50. The Labute approximate surface area is 194 Å². The minimum absolute atomic E-state index is 0.00136. The van der Waals surface area contributed by atoms with Gasteiger partial charge in [-0.05, 0) is 36.2 Å². The van der Waals surface area contributed by atoms with E-state index in [0.29, 0.717) is 0 Å². The minimum Gasteiger partial charge on any atom is -0.340 e. The molecule has 0 aromatic heterocycles. The van der Waals surface area contributed by atoms with E-state index < -0.39 is 40.9 Å². The Bertz CT molecular complexity index is 1050. The number of carbonyl (C=O) groups is 3. The van der Waals surface area contributed by atoms with E-state index in [1.807, 2.05) is 0 Å². The van der Waals surface area contributed by atoms with Gasteiger partial charge in [-0.15, -0.1) is 0 Å². The van der Waals surface area contributed by atoms with Crippen molar-refractivity contribution >= 4 is 29.3 Å². The van der Waals surface area contributed by atoms with Crippen LogP contribution in [0.4, 0.5) is 13.2 Å². The van der Waals surface area contributed by atoms with Crippen molar-refractivity contribution in [3.05, 3.63) is 70.0 Å². The lowest BCUT2D eigenvalue weighted by atomic mass is 10.0. The topological polar surface area (TPSA) is 69.7 Å². The fourth-order valence-electron chi connectivity index (χ4n) is 3.60. The van der Waals surface area contributed by atoms with Crippen LogP contribution in [0, 0.1) is 23.4 Å². The van der Waals surface area contributed by atoms with Crippen LogP contribution in [0.5, 0.6) is 0 Å². The van der Waals surface area contributed by atoms with Crippen molar-refractivity contribution in [2.45, 2.75) is 19.9 Å². The first kappa shape index (κ1) is 24.6. The second-order valence-electron chi connectivity index (χ2n) is 8.03. The number of amides is 3. The molecule has 1 aliphatic rings. The van der Waals surface area contributed by atoms with E-state index in [-0.39, 0.29) is 48.6 Å². The first-order valence-electron chi connectivity index (χ1n) is 10.4. The van der Waals surface area contributed by atoms with Crippen LogP contribution in [0.15, 0.2) is 36.4 Å². The first-order valence-corrected chi connectivity index (χ1v) is 10.8. The molecule has 3 amide bonds.